The van der Waals surface area contributed by atoms with E-state index in [4.69, 9.17) is 0 Å². The van der Waals surface area contributed by atoms with Crippen LogP contribution in [0, 0.1) is 17.2 Å². The minimum atomic E-state index is -0.248. The first kappa shape index (κ1) is 20.6. The van der Waals surface area contributed by atoms with Gasteiger partial charge in [-0.15, -0.1) is 0 Å². The summed E-state index contributed by atoms with van der Waals surface area (Å²) >= 11 is 0. The van der Waals surface area contributed by atoms with E-state index in [1.807, 2.05) is 23.0 Å². The predicted molar refractivity (Wildman–Crippen MR) is 121 cm³/mol. The SMILES string of the molecule is CC(=O)NC(C[C@H]1CCC2=Cc3c(cnn3-c3ccc(F)cc3)C[C@@]21C)c1ccncc1. The molecule has 32 heavy (non-hydrogen) atoms. The molecule has 2 aliphatic carbocycles. The van der Waals surface area contributed by atoms with E-state index in [-0.39, 0.29) is 23.2 Å². The lowest BCUT2D eigenvalue weighted by atomic mass is 9.68. The maximum Gasteiger partial charge on any atom is 0.217 e. The third kappa shape index (κ3) is 3.64. The Balaban J connectivity index is 1.43. The van der Waals surface area contributed by atoms with Crippen molar-refractivity contribution in [2.45, 2.75) is 45.6 Å². The van der Waals surface area contributed by atoms with Crippen LogP contribution in [-0.2, 0) is 11.2 Å². The van der Waals surface area contributed by atoms with Crippen LogP contribution in [0.25, 0.3) is 11.8 Å². The largest absolute Gasteiger partial charge is 0.350 e. The quantitative estimate of drug-likeness (QED) is 0.618. The number of halogens is 1. The minimum Gasteiger partial charge on any atom is -0.350 e. The molecule has 1 N–H and O–H groups in total. The minimum absolute atomic E-state index is 0.0165. The number of amides is 1. The van der Waals surface area contributed by atoms with Crippen molar-refractivity contribution < 1.29 is 9.18 Å². The van der Waals surface area contributed by atoms with Crippen LogP contribution in [-0.4, -0.2) is 20.7 Å². The van der Waals surface area contributed by atoms with Crippen molar-refractivity contribution >= 4 is 12.0 Å². The third-order valence-corrected chi connectivity index (χ3v) is 7.23. The van der Waals surface area contributed by atoms with Gasteiger partial charge in [0, 0.05) is 19.3 Å². The van der Waals surface area contributed by atoms with E-state index in [1.54, 1.807) is 31.5 Å². The van der Waals surface area contributed by atoms with Crippen LogP contribution in [0.15, 0.2) is 60.6 Å². The molecule has 3 atom stereocenters. The summed E-state index contributed by atoms with van der Waals surface area (Å²) in [5, 5.41) is 7.77. The average molecular weight is 431 g/mol. The summed E-state index contributed by atoms with van der Waals surface area (Å²) in [6.45, 7) is 3.93. The Morgan fingerprint density at radius 2 is 2.00 bits per heavy atom. The first-order chi connectivity index (χ1) is 15.4. The van der Waals surface area contributed by atoms with Gasteiger partial charge in [0.1, 0.15) is 5.82 Å². The van der Waals surface area contributed by atoms with Crippen LogP contribution in [0.4, 0.5) is 4.39 Å². The number of carbonyl (C=O) groups is 1. The highest BCUT2D eigenvalue weighted by Crippen LogP contribution is 2.55. The number of fused-ring (bicyclic) bond motifs is 2. The maximum atomic E-state index is 13.4. The number of hydrogen-bond donors (Lipinski definition) is 1. The van der Waals surface area contributed by atoms with Crippen LogP contribution < -0.4 is 5.32 Å². The van der Waals surface area contributed by atoms with Crippen molar-refractivity contribution in [2.75, 3.05) is 0 Å². The Bertz CT molecular complexity index is 1170. The van der Waals surface area contributed by atoms with E-state index < -0.39 is 0 Å². The molecule has 0 radical (unpaired) electrons. The topological polar surface area (TPSA) is 59.8 Å². The molecular weight excluding hydrogens is 403 g/mol. The second-order valence-electron chi connectivity index (χ2n) is 9.21. The van der Waals surface area contributed by atoms with Crippen molar-refractivity contribution in [3.8, 4) is 5.69 Å². The van der Waals surface area contributed by atoms with Gasteiger partial charge in [-0.2, -0.15) is 5.10 Å². The first-order valence-electron chi connectivity index (χ1n) is 11.1. The fourth-order valence-electron chi connectivity index (χ4n) is 5.50. The second-order valence-corrected chi connectivity index (χ2v) is 9.21. The van der Waals surface area contributed by atoms with Crippen molar-refractivity contribution in [3.63, 3.8) is 0 Å². The summed E-state index contributed by atoms with van der Waals surface area (Å²) in [5.41, 5.74) is 5.75. The molecular formula is C26H27FN4O. The van der Waals surface area contributed by atoms with Crippen molar-refractivity contribution in [2.24, 2.45) is 11.3 Å². The van der Waals surface area contributed by atoms with Gasteiger partial charge in [-0.1, -0.05) is 12.5 Å². The molecule has 1 saturated carbocycles. The highest BCUT2D eigenvalue weighted by Gasteiger charge is 2.46. The van der Waals surface area contributed by atoms with E-state index in [9.17, 15) is 9.18 Å². The van der Waals surface area contributed by atoms with Gasteiger partial charge in [0.2, 0.25) is 5.91 Å². The summed E-state index contributed by atoms with van der Waals surface area (Å²) in [7, 11) is 0. The van der Waals surface area contributed by atoms with Crippen molar-refractivity contribution in [1.29, 1.82) is 0 Å². The van der Waals surface area contributed by atoms with Crippen LogP contribution in [0.3, 0.4) is 0 Å². The molecule has 1 fully saturated rings. The van der Waals surface area contributed by atoms with Gasteiger partial charge in [-0.05, 0) is 90.6 Å². The average Bonchev–Trinajstić information content (AvgIpc) is 3.32. The number of allylic oxidation sites excluding steroid dienone is 1. The Morgan fingerprint density at radius 3 is 2.72 bits per heavy atom. The molecule has 6 heteroatoms. The molecule has 0 bridgehead atoms. The third-order valence-electron chi connectivity index (χ3n) is 7.23. The Labute approximate surface area is 187 Å². The van der Waals surface area contributed by atoms with E-state index in [0.29, 0.717) is 5.92 Å². The summed E-state index contributed by atoms with van der Waals surface area (Å²) in [6, 6.07) is 10.4. The number of carbonyl (C=O) groups excluding carboxylic acids is 1. The van der Waals surface area contributed by atoms with E-state index in [2.05, 4.69) is 28.4 Å². The number of hydrogen-bond acceptors (Lipinski definition) is 3. The number of benzene rings is 1. The zero-order valence-electron chi connectivity index (χ0n) is 18.4. The predicted octanol–water partition coefficient (Wildman–Crippen LogP) is 5.03. The lowest BCUT2D eigenvalue weighted by Gasteiger charge is -2.37. The summed E-state index contributed by atoms with van der Waals surface area (Å²) in [6.07, 6.45) is 11.7. The molecule has 1 amide bonds. The fraction of sp³-hybridized carbons (Fsp3) is 0.346. The molecule has 1 aromatic carbocycles. The second kappa shape index (κ2) is 8.01. The van der Waals surface area contributed by atoms with Crippen molar-refractivity contribution in [1.82, 2.24) is 20.1 Å². The summed E-state index contributed by atoms with van der Waals surface area (Å²) in [5.74, 6) is 0.181. The normalized spacial score (nSPS) is 22.6. The molecule has 5 nitrogen and oxygen atoms in total. The number of aromatic nitrogens is 3. The zero-order valence-corrected chi connectivity index (χ0v) is 18.4. The summed E-state index contributed by atoms with van der Waals surface area (Å²) < 4.78 is 15.3. The lowest BCUT2D eigenvalue weighted by Crippen LogP contribution is -2.34. The fourth-order valence-corrected chi connectivity index (χ4v) is 5.50. The summed E-state index contributed by atoms with van der Waals surface area (Å²) in [4.78, 5) is 16.0. The molecule has 0 aliphatic heterocycles. The molecule has 2 aromatic heterocycles. The van der Waals surface area contributed by atoms with Crippen LogP contribution in [0.5, 0.6) is 0 Å². The van der Waals surface area contributed by atoms with Crippen LogP contribution in [0.1, 0.15) is 56.0 Å². The first-order valence-corrected chi connectivity index (χ1v) is 11.1. The van der Waals surface area contributed by atoms with Crippen LogP contribution in [0.2, 0.25) is 0 Å². The highest BCUT2D eigenvalue weighted by molar-refractivity contribution is 5.73. The Kier molecular flexibility index (Phi) is 5.16. The Morgan fingerprint density at radius 1 is 1.25 bits per heavy atom. The molecule has 0 spiro atoms. The molecule has 164 valence electrons. The maximum absolute atomic E-state index is 13.4. The van der Waals surface area contributed by atoms with Gasteiger partial charge in [0.15, 0.2) is 0 Å². The smallest absolute Gasteiger partial charge is 0.217 e. The number of rotatable bonds is 5. The Hall–Kier alpha value is -3.28. The number of nitrogens with one attached hydrogen (secondary N) is 1. The molecule has 2 heterocycles. The molecule has 5 rings (SSSR count). The van der Waals surface area contributed by atoms with Crippen molar-refractivity contribution in [3.05, 3.63) is 83.2 Å². The van der Waals surface area contributed by atoms with E-state index in [1.165, 1.54) is 23.3 Å². The highest BCUT2D eigenvalue weighted by atomic mass is 19.1. The monoisotopic (exact) mass is 430 g/mol. The van der Waals surface area contributed by atoms with Gasteiger partial charge >= 0.3 is 0 Å². The van der Waals surface area contributed by atoms with Gasteiger partial charge in [0.05, 0.1) is 23.6 Å². The molecule has 3 aromatic rings. The molecule has 0 saturated heterocycles. The number of pyridine rings is 1. The van der Waals surface area contributed by atoms with Crippen LogP contribution >= 0.6 is 0 Å². The lowest BCUT2D eigenvalue weighted by molar-refractivity contribution is -0.119. The van der Waals surface area contributed by atoms with E-state index in [0.717, 1.165) is 42.6 Å². The van der Waals surface area contributed by atoms with Gasteiger partial charge in [-0.25, -0.2) is 9.07 Å². The van der Waals surface area contributed by atoms with Gasteiger partial charge in [-0.3, -0.25) is 9.78 Å². The van der Waals surface area contributed by atoms with Gasteiger partial charge < -0.3 is 5.32 Å². The van der Waals surface area contributed by atoms with E-state index >= 15 is 0 Å². The number of nitrogens with zero attached hydrogens (tertiary/aromatic N) is 3. The standard InChI is InChI=1S/C26H27FN4O/c1-17(32)30-24(18-9-11-28-12-10-18)13-20-3-4-21-14-25-19(15-26(20,21)2)16-29-31(25)23-7-5-22(27)6-8-23/h5-12,14,16,20,24H,3-4,13,15H2,1-2H3,(H,30,32)/t20-,24?,26-/m1/s1. The molecule has 1 unspecified atom stereocenters. The molecule has 2 aliphatic rings. The zero-order chi connectivity index (χ0) is 22.3. The van der Waals surface area contributed by atoms with Gasteiger partial charge in [0.25, 0.3) is 0 Å².